The molecule has 0 amide bonds. The lowest BCUT2D eigenvalue weighted by Gasteiger charge is -2.14. The smallest absolute Gasteiger partial charge is 0.208 e. The minimum atomic E-state index is -3.16. The Bertz CT molecular complexity index is 447. The summed E-state index contributed by atoms with van der Waals surface area (Å²) in [5, 5.41) is 0. The Morgan fingerprint density at radius 3 is 2.75 bits per heavy atom. The third-order valence-electron chi connectivity index (χ3n) is 1.77. The first-order chi connectivity index (χ1) is 7.37. The van der Waals surface area contributed by atoms with E-state index in [4.69, 9.17) is 4.74 Å². The molecule has 0 aliphatic heterocycles. The van der Waals surface area contributed by atoms with Crippen LogP contribution in [0.15, 0.2) is 28.7 Å². The fourth-order valence-electron chi connectivity index (χ4n) is 1.08. The number of sulfonamides is 1. The summed E-state index contributed by atoms with van der Waals surface area (Å²) < 4.78 is 30.6. The van der Waals surface area contributed by atoms with Gasteiger partial charge in [-0.05, 0) is 25.1 Å². The summed E-state index contributed by atoms with van der Waals surface area (Å²) in [5.74, 6) is 0.706. The van der Waals surface area contributed by atoms with Gasteiger partial charge in [0.15, 0.2) is 0 Å². The van der Waals surface area contributed by atoms with Crippen molar-refractivity contribution in [1.82, 2.24) is 4.72 Å². The quantitative estimate of drug-likeness (QED) is 0.902. The molecule has 1 aromatic carbocycles. The van der Waals surface area contributed by atoms with Gasteiger partial charge in [-0.2, -0.15) is 0 Å². The van der Waals surface area contributed by atoms with Crippen LogP contribution in [0, 0.1) is 0 Å². The second-order valence-corrected chi connectivity index (χ2v) is 6.26. The van der Waals surface area contributed by atoms with Gasteiger partial charge in [0, 0.05) is 11.0 Å². The van der Waals surface area contributed by atoms with Crippen molar-refractivity contribution in [2.24, 2.45) is 0 Å². The van der Waals surface area contributed by atoms with Crippen LogP contribution in [0.4, 0.5) is 0 Å². The Kier molecular flexibility index (Phi) is 4.76. The maximum atomic E-state index is 10.9. The van der Waals surface area contributed by atoms with E-state index in [9.17, 15) is 8.42 Å². The highest BCUT2D eigenvalue weighted by atomic mass is 79.9. The molecule has 0 aliphatic rings. The van der Waals surface area contributed by atoms with Crippen molar-refractivity contribution >= 4 is 26.0 Å². The van der Waals surface area contributed by atoms with E-state index in [2.05, 4.69) is 20.7 Å². The van der Waals surface area contributed by atoms with Gasteiger partial charge in [-0.15, -0.1) is 0 Å². The highest BCUT2D eigenvalue weighted by Gasteiger charge is 2.07. The number of halogens is 1. The lowest BCUT2D eigenvalue weighted by molar-refractivity contribution is 0.225. The van der Waals surface area contributed by atoms with Crippen LogP contribution in [0.2, 0.25) is 0 Å². The second-order valence-electron chi connectivity index (χ2n) is 3.51. The first-order valence-corrected chi connectivity index (χ1v) is 7.42. The molecule has 0 saturated heterocycles. The van der Waals surface area contributed by atoms with E-state index in [1.165, 1.54) is 0 Å². The lowest BCUT2D eigenvalue weighted by atomic mass is 10.3. The van der Waals surface area contributed by atoms with Crippen LogP contribution in [0.1, 0.15) is 6.92 Å². The summed E-state index contributed by atoms with van der Waals surface area (Å²) >= 11 is 3.33. The van der Waals surface area contributed by atoms with Crippen LogP contribution in [0.5, 0.6) is 5.75 Å². The number of hydrogen-bond acceptors (Lipinski definition) is 3. The summed E-state index contributed by atoms with van der Waals surface area (Å²) in [6.45, 7) is 2.06. The molecule has 1 unspecified atom stereocenters. The Hall–Kier alpha value is -0.590. The highest BCUT2D eigenvalue weighted by Crippen LogP contribution is 2.18. The molecular weight excluding hydrogens is 294 g/mol. The molecule has 90 valence electrons. The number of nitrogens with one attached hydrogen (secondary N) is 1. The average molecular weight is 308 g/mol. The molecule has 0 aromatic heterocycles. The molecule has 4 nitrogen and oxygen atoms in total. The van der Waals surface area contributed by atoms with E-state index >= 15 is 0 Å². The summed E-state index contributed by atoms with van der Waals surface area (Å²) in [6, 6.07) is 7.40. The van der Waals surface area contributed by atoms with Gasteiger partial charge < -0.3 is 4.74 Å². The van der Waals surface area contributed by atoms with Crippen molar-refractivity contribution in [2.75, 3.05) is 12.8 Å². The number of rotatable bonds is 5. The van der Waals surface area contributed by atoms with Crippen molar-refractivity contribution < 1.29 is 13.2 Å². The van der Waals surface area contributed by atoms with E-state index in [0.717, 1.165) is 10.7 Å². The van der Waals surface area contributed by atoms with Gasteiger partial charge in [0.1, 0.15) is 11.9 Å². The van der Waals surface area contributed by atoms with E-state index in [1.54, 1.807) is 6.92 Å². The zero-order chi connectivity index (χ0) is 12.2. The average Bonchev–Trinajstić information content (AvgIpc) is 2.14. The van der Waals surface area contributed by atoms with Crippen molar-refractivity contribution in [3.05, 3.63) is 28.7 Å². The van der Waals surface area contributed by atoms with E-state index in [-0.39, 0.29) is 12.6 Å². The predicted molar refractivity (Wildman–Crippen MR) is 67.1 cm³/mol. The summed E-state index contributed by atoms with van der Waals surface area (Å²) in [6.07, 6.45) is 0.905. The predicted octanol–water partition coefficient (Wildman–Crippen LogP) is 1.77. The first kappa shape index (κ1) is 13.5. The van der Waals surface area contributed by atoms with Crippen LogP contribution >= 0.6 is 15.9 Å². The zero-order valence-corrected chi connectivity index (χ0v) is 11.5. The van der Waals surface area contributed by atoms with E-state index in [1.807, 2.05) is 24.3 Å². The highest BCUT2D eigenvalue weighted by molar-refractivity contribution is 9.10. The lowest BCUT2D eigenvalue weighted by Crippen LogP contribution is -2.32. The van der Waals surface area contributed by atoms with Crippen molar-refractivity contribution in [3.63, 3.8) is 0 Å². The molecular formula is C10H14BrNO3S. The molecule has 1 N–H and O–H groups in total. The van der Waals surface area contributed by atoms with E-state index in [0.29, 0.717) is 5.75 Å². The normalized spacial score (nSPS) is 13.4. The van der Waals surface area contributed by atoms with Crippen molar-refractivity contribution in [3.8, 4) is 5.75 Å². The number of ether oxygens (including phenoxy) is 1. The van der Waals surface area contributed by atoms with Crippen LogP contribution < -0.4 is 9.46 Å². The second kappa shape index (κ2) is 5.65. The summed E-state index contributed by atoms with van der Waals surface area (Å²) in [4.78, 5) is 0. The third-order valence-corrected chi connectivity index (χ3v) is 2.95. The standard InChI is InChI=1S/C10H14BrNO3S/c1-8(7-12-16(2,13)14)15-10-5-3-4-9(11)6-10/h3-6,8,12H,7H2,1-2H3. The molecule has 0 heterocycles. The third kappa shape index (κ3) is 5.48. The van der Waals surface area contributed by atoms with Gasteiger partial charge in [-0.3, -0.25) is 0 Å². The maximum Gasteiger partial charge on any atom is 0.208 e. The monoisotopic (exact) mass is 307 g/mol. The van der Waals surface area contributed by atoms with Gasteiger partial charge in [0.25, 0.3) is 0 Å². The molecule has 1 atom stereocenters. The van der Waals surface area contributed by atoms with Crippen molar-refractivity contribution in [1.29, 1.82) is 0 Å². The van der Waals surface area contributed by atoms with E-state index < -0.39 is 10.0 Å². The Morgan fingerprint density at radius 1 is 1.50 bits per heavy atom. The van der Waals surface area contributed by atoms with Crippen LogP contribution in [0.25, 0.3) is 0 Å². The SMILES string of the molecule is CC(CNS(C)(=O)=O)Oc1cccc(Br)c1. The molecule has 16 heavy (non-hydrogen) atoms. The first-order valence-electron chi connectivity index (χ1n) is 4.74. The van der Waals surface area contributed by atoms with Gasteiger partial charge >= 0.3 is 0 Å². The molecule has 0 radical (unpaired) electrons. The van der Waals surface area contributed by atoms with Crippen LogP contribution in [-0.2, 0) is 10.0 Å². The minimum Gasteiger partial charge on any atom is -0.489 e. The van der Waals surface area contributed by atoms with Gasteiger partial charge in [0.05, 0.1) is 6.26 Å². The Morgan fingerprint density at radius 2 is 2.19 bits per heavy atom. The number of benzene rings is 1. The maximum absolute atomic E-state index is 10.9. The van der Waals surface area contributed by atoms with Crippen LogP contribution in [0.3, 0.4) is 0 Å². The fourth-order valence-corrected chi connectivity index (χ4v) is 2.00. The number of hydrogen-bond donors (Lipinski definition) is 1. The molecule has 1 aromatic rings. The molecule has 0 bridgehead atoms. The Balaban J connectivity index is 2.49. The van der Waals surface area contributed by atoms with Crippen molar-refractivity contribution in [2.45, 2.75) is 13.0 Å². The molecule has 1 rings (SSSR count). The molecule has 0 fully saturated rings. The largest absolute Gasteiger partial charge is 0.489 e. The molecule has 6 heteroatoms. The van der Waals surface area contributed by atoms with Gasteiger partial charge in [0.2, 0.25) is 10.0 Å². The molecule has 0 saturated carbocycles. The summed E-state index contributed by atoms with van der Waals surface area (Å²) in [5.41, 5.74) is 0. The van der Waals surface area contributed by atoms with Gasteiger partial charge in [-0.1, -0.05) is 22.0 Å². The topological polar surface area (TPSA) is 55.4 Å². The Labute approximate surface area is 104 Å². The van der Waals surface area contributed by atoms with Crippen LogP contribution in [-0.4, -0.2) is 27.3 Å². The molecule has 0 spiro atoms. The zero-order valence-electron chi connectivity index (χ0n) is 9.10. The van der Waals surface area contributed by atoms with Gasteiger partial charge in [-0.25, -0.2) is 13.1 Å². The fraction of sp³-hybridized carbons (Fsp3) is 0.400. The summed E-state index contributed by atoms with van der Waals surface area (Å²) in [7, 11) is -3.16. The minimum absolute atomic E-state index is 0.218. The molecule has 0 aliphatic carbocycles.